The van der Waals surface area contributed by atoms with Crippen LogP contribution in [0.15, 0.2) is 18.5 Å². The second-order valence-corrected chi connectivity index (χ2v) is 4.75. The van der Waals surface area contributed by atoms with Crippen LogP contribution in [0.4, 0.5) is 0 Å². The van der Waals surface area contributed by atoms with Gasteiger partial charge >= 0.3 is 0 Å². The van der Waals surface area contributed by atoms with Gasteiger partial charge in [-0.25, -0.2) is 4.98 Å². The molecule has 0 radical (unpaired) electrons. The molecule has 0 aliphatic carbocycles. The Morgan fingerprint density at radius 1 is 1.32 bits per heavy atom. The zero-order chi connectivity index (χ0) is 13.7. The smallest absolute Gasteiger partial charge is 0.123 e. The van der Waals surface area contributed by atoms with Crippen molar-refractivity contribution < 1.29 is 0 Å². The van der Waals surface area contributed by atoms with E-state index in [1.54, 1.807) is 0 Å². The highest BCUT2D eigenvalue weighted by Crippen LogP contribution is 2.08. The van der Waals surface area contributed by atoms with Gasteiger partial charge in [-0.15, -0.1) is 0 Å². The van der Waals surface area contributed by atoms with E-state index in [9.17, 15) is 0 Å². The van der Waals surface area contributed by atoms with Gasteiger partial charge in [-0.05, 0) is 25.5 Å². The number of hydrogen-bond acceptors (Lipinski definition) is 3. The average Bonchev–Trinajstić information content (AvgIpc) is 2.98. The highest BCUT2D eigenvalue weighted by molar-refractivity contribution is 5.11. The third-order valence-electron chi connectivity index (χ3n) is 3.23. The third kappa shape index (κ3) is 3.44. The van der Waals surface area contributed by atoms with Gasteiger partial charge in [-0.1, -0.05) is 13.8 Å². The van der Waals surface area contributed by atoms with Crippen LogP contribution in [0.1, 0.15) is 37.5 Å². The monoisotopic (exact) mass is 261 g/mol. The first kappa shape index (κ1) is 13.8. The molecule has 0 aliphatic rings. The van der Waals surface area contributed by atoms with Crippen molar-refractivity contribution in [3.63, 3.8) is 0 Å². The van der Waals surface area contributed by atoms with Crippen molar-refractivity contribution in [2.24, 2.45) is 7.05 Å². The van der Waals surface area contributed by atoms with Crippen molar-refractivity contribution in [3.8, 4) is 0 Å². The van der Waals surface area contributed by atoms with Gasteiger partial charge in [0.05, 0.1) is 24.5 Å². The Kier molecular flexibility index (Phi) is 4.74. The molecule has 0 fully saturated rings. The second-order valence-electron chi connectivity index (χ2n) is 4.75. The van der Waals surface area contributed by atoms with Crippen molar-refractivity contribution in [1.82, 2.24) is 24.6 Å². The topological polar surface area (TPSA) is 47.7 Å². The van der Waals surface area contributed by atoms with Crippen LogP contribution in [0.2, 0.25) is 0 Å². The Bertz CT molecular complexity index is 512. The predicted molar refractivity (Wildman–Crippen MR) is 75.9 cm³/mol. The molecule has 2 heterocycles. The van der Waals surface area contributed by atoms with Gasteiger partial charge in [0, 0.05) is 19.4 Å². The van der Waals surface area contributed by atoms with E-state index in [1.807, 2.05) is 24.1 Å². The van der Waals surface area contributed by atoms with Crippen LogP contribution in [0.25, 0.3) is 0 Å². The van der Waals surface area contributed by atoms with Crippen molar-refractivity contribution in [2.75, 3.05) is 6.54 Å². The average molecular weight is 261 g/mol. The number of aryl methyl sites for hydroxylation is 2. The lowest BCUT2D eigenvalue weighted by atomic mass is 10.3. The molecule has 0 saturated carbocycles. The highest BCUT2D eigenvalue weighted by Gasteiger charge is 2.07. The molecule has 2 rings (SSSR count). The molecule has 2 aromatic heterocycles. The summed E-state index contributed by atoms with van der Waals surface area (Å²) in [5, 5.41) is 7.87. The zero-order valence-corrected chi connectivity index (χ0v) is 12.1. The van der Waals surface area contributed by atoms with Gasteiger partial charge in [-0.2, -0.15) is 5.10 Å². The molecule has 0 bridgehead atoms. The lowest BCUT2D eigenvalue weighted by molar-refractivity contribution is 0.596. The summed E-state index contributed by atoms with van der Waals surface area (Å²) in [6.45, 7) is 6.97. The molecule has 2 aromatic rings. The minimum atomic E-state index is 0.819. The van der Waals surface area contributed by atoms with Gasteiger partial charge in [0.1, 0.15) is 5.82 Å². The molecule has 0 spiro atoms. The van der Waals surface area contributed by atoms with Crippen LogP contribution in [0.3, 0.4) is 0 Å². The lowest BCUT2D eigenvalue weighted by Crippen LogP contribution is -2.18. The van der Waals surface area contributed by atoms with Crippen molar-refractivity contribution in [3.05, 3.63) is 35.7 Å². The Hall–Kier alpha value is -1.62. The van der Waals surface area contributed by atoms with Crippen LogP contribution in [0, 0.1) is 0 Å². The molecule has 5 nitrogen and oxygen atoms in total. The van der Waals surface area contributed by atoms with E-state index in [0.29, 0.717) is 0 Å². The molecule has 19 heavy (non-hydrogen) atoms. The quantitative estimate of drug-likeness (QED) is 0.772. The Morgan fingerprint density at radius 2 is 2.16 bits per heavy atom. The summed E-state index contributed by atoms with van der Waals surface area (Å²) in [7, 11) is 2.00. The number of rotatable bonds is 7. The summed E-state index contributed by atoms with van der Waals surface area (Å²) in [5.41, 5.74) is 2.36. The molecule has 0 unspecified atom stereocenters. The summed E-state index contributed by atoms with van der Waals surface area (Å²) in [4.78, 5) is 4.41. The fourth-order valence-corrected chi connectivity index (χ4v) is 2.09. The molecule has 0 atom stereocenters. The summed E-state index contributed by atoms with van der Waals surface area (Å²) in [5.74, 6) is 1.08. The van der Waals surface area contributed by atoms with Gasteiger partial charge in [0.15, 0.2) is 0 Å². The Labute approximate surface area is 114 Å². The largest absolute Gasteiger partial charge is 0.328 e. The number of nitrogens with one attached hydrogen (secondary N) is 1. The van der Waals surface area contributed by atoms with Gasteiger partial charge in [0.2, 0.25) is 0 Å². The first-order valence-corrected chi connectivity index (χ1v) is 6.97. The van der Waals surface area contributed by atoms with Crippen molar-refractivity contribution in [2.45, 2.75) is 39.8 Å². The van der Waals surface area contributed by atoms with E-state index in [-0.39, 0.29) is 0 Å². The van der Waals surface area contributed by atoms with E-state index in [2.05, 4.69) is 39.9 Å². The van der Waals surface area contributed by atoms with Crippen molar-refractivity contribution in [1.29, 1.82) is 0 Å². The van der Waals surface area contributed by atoms with Crippen LogP contribution in [0.5, 0.6) is 0 Å². The Balaban J connectivity index is 2.06. The lowest BCUT2D eigenvalue weighted by Gasteiger charge is -2.08. The SMILES string of the molecule is CCCNCc1nccn1Cc1cc(CC)nn1C. The third-order valence-corrected chi connectivity index (χ3v) is 3.23. The standard InChI is InChI=1S/C14H23N5/c1-4-6-15-10-14-16-7-8-19(14)11-13-9-12(5-2)17-18(13)3/h7-9,15H,4-6,10-11H2,1-3H3. The van der Waals surface area contributed by atoms with Gasteiger partial charge in [0.25, 0.3) is 0 Å². The van der Waals surface area contributed by atoms with Gasteiger partial charge < -0.3 is 9.88 Å². The normalized spacial score (nSPS) is 11.1. The minimum Gasteiger partial charge on any atom is -0.328 e. The number of nitrogens with zero attached hydrogens (tertiary/aromatic N) is 4. The van der Waals surface area contributed by atoms with E-state index in [1.165, 1.54) is 5.69 Å². The first-order valence-electron chi connectivity index (χ1n) is 6.97. The molecular formula is C14H23N5. The molecule has 0 amide bonds. The van der Waals surface area contributed by atoms with Crippen LogP contribution < -0.4 is 5.32 Å². The second kappa shape index (κ2) is 6.52. The Morgan fingerprint density at radius 3 is 2.84 bits per heavy atom. The summed E-state index contributed by atoms with van der Waals surface area (Å²) < 4.78 is 4.14. The van der Waals surface area contributed by atoms with E-state index >= 15 is 0 Å². The number of aromatic nitrogens is 4. The number of hydrogen-bond donors (Lipinski definition) is 1. The van der Waals surface area contributed by atoms with Crippen LogP contribution >= 0.6 is 0 Å². The highest BCUT2D eigenvalue weighted by atomic mass is 15.3. The molecule has 1 N–H and O–H groups in total. The summed E-state index contributed by atoms with van der Waals surface area (Å²) in [6, 6.07) is 2.17. The van der Waals surface area contributed by atoms with Gasteiger partial charge in [-0.3, -0.25) is 4.68 Å². The summed E-state index contributed by atoms with van der Waals surface area (Å²) in [6.07, 6.45) is 6.01. The minimum absolute atomic E-state index is 0.819. The maximum absolute atomic E-state index is 4.48. The van der Waals surface area contributed by atoms with E-state index in [4.69, 9.17) is 0 Å². The predicted octanol–water partition coefficient (Wildman–Crippen LogP) is 1.73. The molecule has 0 aliphatic heterocycles. The molecule has 104 valence electrons. The van der Waals surface area contributed by atoms with Crippen LogP contribution in [-0.4, -0.2) is 25.9 Å². The maximum atomic E-state index is 4.48. The fraction of sp³-hybridized carbons (Fsp3) is 0.571. The first-order chi connectivity index (χ1) is 9.24. The number of imidazole rings is 1. The van der Waals surface area contributed by atoms with E-state index < -0.39 is 0 Å². The molecular weight excluding hydrogens is 238 g/mol. The van der Waals surface area contributed by atoms with E-state index in [0.717, 1.165) is 44.0 Å². The fourth-order valence-electron chi connectivity index (χ4n) is 2.09. The summed E-state index contributed by atoms with van der Waals surface area (Å²) >= 11 is 0. The zero-order valence-electron chi connectivity index (χ0n) is 12.1. The molecule has 0 aromatic carbocycles. The van der Waals surface area contributed by atoms with Crippen LogP contribution in [-0.2, 0) is 26.6 Å². The molecule has 0 saturated heterocycles. The molecule has 5 heteroatoms. The van der Waals surface area contributed by atoms with Crippen molar-refractivity contribution >= 4 is 0 Å². The maximum Gasteiger partial charge on any atom is 0.123 e.